The lowest BCUT2D eigenvalue weighted by Crippen LogP contribution is -2.18. The summed E-state index contributed by atoms with van der Waals surface area (Å²) in [6.07, 6.45) is 4.72. The number of nitrogens with two attached hydrogens (primary N) is 1. The molecular weight excluding hydrogens is 210 g/mol. The minimum absolute atomic E-state index is 0.189. The van der Waals surface area contributed by atoms with Gasteiger partial charge in [0.05, 0.1) is 0 Å². The van der Waals surface area contributed by atoms with Crippen molar-refractivity contribution in [3.05, 3.63) is 47.5 Å². The zero-order valence-electron chi connectivity index (χ0n) is 10.6. The van der Waals surface area contributed by atoms with Crippen molar-refractivity contribution in [1.29, 1.82) is 0 Å². The maximum Gasteiger partial charge on any atom is 0.110 e. The van der Waals surface area contributed by atoms with Crippen LogP contribution in [-0.4, -0.2) is 15.6 Å². The van der Waals surface area contributed by atoms with Crippen LogP contribution in [0.4, 0.5) is 0 Å². The Morgan fingerprint density at radius 2 is 2.12 bits per heavy atom. The molecule has 2 aromatic rings. The average Bonchev–Trinajstić information content (AvgIpc) is 2.67. The molecule has 0 aliphatic heterocycles. The van der Waals surface area contributed by atoms with Crippen molar-refractivity contribution in [2.45, 2.75) is 33.2 Å². The Kier molecular flexibility index (Phi) is 3.29. The minimum atomic E-state index is 0.189. The highest BCUT2D eigenvalue weighted by molar-refractivity contribution is 5.44. The third-order valence-electron chi connectivity index (χ3n) is 2.92. The summed E-state index contributed by atoms with van der Waals surface area (Å²) in [6.45, 7) is 6.16. The second-order valence-corrected chi connectivity index (χ2v) is 4.65. The molecule has 0 amide bonds. The fourth-order valence-electron chi connectivity index (χ4n) is 2.05. The van der Waals surface area contributed by atoms with Crippen LogP contribution in [-0.2, 0) is 6.42 Å². The summed E-state index contributed by atoms with van der Waals surface area (Å²) in [5, 5.41) is 0. The fraction of sp³-hybridized carbons (Fsp3) is 0.357. The normalized spacial score (nSPS) is 12.7. The van der Waals surface area contributed by atoms with Crippen molar-refractivity contribution >= 4 is 0 Å². The highest BCUT2D eigenvalue weighted by Crippen LogP contribution is 2.18. The molecule has 1 atom stereocenters. The van der Waals surface area contributed by atoms with Crippen LogP contribution >= 0.6 is 0 Å². The van der Waals surface area contributed by atoms with Gasteiger partial charge in [-0.1, -0.05) is 12.1 Å². The summed E-state index contributed by atoms with van der Waals surface area (Å²) in [5.41, 5.74) is 9.56. The first-order valence-electron chi connectivity index (χ1n) is 5.93. The number of imidazole rings is 1. The zero-order chi connectivity index (χ0) is 12.4. The van der Waals surface area contributed by atoms with Crippen LogP contribution in [0.2, 0.25) is 0 Å². The molecule has 2 N–H and O–H groups in total. The van der Waals surface area contributed by atoms with E-state index in [-0.39, 0.29) is 6.04 Å². The molecule has 0 aliphatic rings. The molecule has 0 saturated carbocycles. The van der Waals surface area contributed by atoms with Crippen LogP contribution in [0, 0.1) is 13.8 Å². The van der Waals surface area contributed by atoms with Crippen molar-refractivity contribution in [3.8, 4) is 5.69 Å². The molecular formula is C14H19N3. The molecule has 0 aliphatic carbocycles. The molecule has 0 radical (unpaired) electrons. The maximum absolute atomic E-state index is 5.84. The van der Waals surface area contributed by atoms with E-state index in [1.807, 2.05) is 26.2 Å². The molecule has 17 heavy (non-hydrogen) atoms. The predicted molar refractivity (Wildman–Crippen MR) is 70.4 cm³/mol. The Hall–Kier alpha value is -1.61. The average molecular weight is 229 g/mol. The van der Waals surface area contributed by atoms with Gasteiger partial charge in [-0.05, 0) is 44.4 Å². The molecule has 0 bridgehead atoms. The topological polar surface area (TPSA) is 43.8 Å². The van der Waals surface area contributed by atoms with Crippen LogP contribution in [0.25, 0.3) is 5.69 Å². The Bertz CT molecular complexity index is 512. The molecule has 90 valence electrons. The smallest absolute Gasteiger partial charge is 0.110 e. The van der Waals surface area contributed by atoms with Gasteiger partial charge in [0, 0.05) is 24.1 Å². The summed E-state index contributed by atoms with van der Waals surface area (Å²) >= 11 is 0. The largest absolute Gasteiger partial charge is 0.328 e. The van der Waals surface area contributed by atoms with Crippen LogP contribution in [0.15, 0.2) is 30.6 Å². The minimum Gasteiger partial charge on any atom is -0.328 e. The second kappa shape index (κ2) is 4.72. The van der Waals surface area contributed by atoms with Crippen molar-refractivity contribution in [2.24, 2.45) is 5.73 Å². The number of aryl methyl sites for hydroxylation is 2. The fourth-order valence-corrected chi connectivity index (χ4v) is 2.05. The van der Waals surface area contributed by atoms with Crippen molar-refractivity contribution < 1.29 is 0 Å². The predicted octanol–water partition coefficient (Wildman–Crippen LogP) is 2.38. The van der Waals surface area contributed by atoms with E-state index in [0.717, 1.165) is 12.2 Å². The van der Waals surface area contributed by atoms with Gasteiger partial charge in [-0.3, -0.25) is 0 Å². The van der Waals surface area contributed by atoms with Crippen molar-refractivity contribution in [2.75, 3.05) is 0 Å². The Labute approximate surface area is 102 Å². The lowest BCUT2D eigenvalue weighted by molar-refractivity contribution is 0.737. The van der Waals surface area contributed by atoms with E-state index in [0.29, 0.717) is 0 Å². The van der Waals surface area contributed by atoms with Gasteiger partial charge in [0.15, 0.2) is 0 Å². The first-order chi connectivity index (χ1) is 8.08. The van der Waals surface area contributed by atoms with Crippen LogP contribution in [0.3, 0.4) is 0 Å². The van der Waals surface area contributed by atoms with E-state index in [1.54, 1.807) is 0 Å². The first-order valence-corrected chi connectivity index (χ1v) is 5.93. The summed E-state index contributed by atoms with van der Waals surface area (Å²) < 4.78 is 2.11. The van der Waals surface area contributed by atoms with E-state index in [2.05, 4.69) is 34.7 Å². The monoisotopic (exact) mass is 229 g/mol. The molecule has 0 spiro atoms. The number of hydrogen-bond donors (Lipinski definition) is 1. The van der Waals surface area contributed by atoms with Gasteiger partial charge in [-0.15, -0.1) is 0 Å². The zero-order valence-corrected chi connectivity index (χ0v) is 10.6. The molecule has 1 unspecified atom stereocenters. The van der Waals surface area contributed by atoms with E-state index in [9.17, 15) is 0 Å². The van der Waals surface area contributed by atoms with Gasteiger partial charge in [0.25, 0.3) is 0 Å². The van der Waals surface area contributed by atoms with Gasteiger partial charge in [0.2, 0.25) is 0 Å². The van der Waals surface area contributed by atoms with E-state index in [1.165, 1.54) is 16.8 Å². The molecule has 2 rings (SSSR count). The van der Waals surface area contributed by atoms with Crippen LogP contribution in [0.1, 0.15) is 23.9 Å². The summed E-state index contributed by atoms with van der Waals surface area (Å²) in [4.78, 5) is 4.26. The van der Waals surface area contributed by atoms with Gasteiger partial charge in [-0.25, -0.2) is 4.98 Å². The van der Waals surface area contributed by atoms with Gasteiger partial charge in [0.1, 0.15) is 5.82 Å². The lowest BCUT2D eigenvalue weighted by atomic mass is 10.0. The molecule has 1 heterocycles. The first kappa shape index (κ1) is 11.9. The number of aromatic nitrogens is 2. The Balaban J connectivity index is 2.43. The quantitative estimate of drug-likeness (QED) is 0.878. The lowest BCUT2D eigenvalue weighted by Gasteiger charge is -2.12. The summed E-state index contributed by atoms with van der Waals surface area (Å²) in [5.74, 6) is 1.01. The Morgan fingerprint density at radius 1 is 1.35 bits per heavy atom. The number of hydrogen-bond acceptors (Lipinski definition) is 2. The molecule has 0 saturated heterocycles. The molecule has 3 nitrogen and oxygen atoms in total. The van der Waals surface area contributed by atoms with E-state index >= 15 is 0 Å². The van der Waals surface area contributed by atoms with Crippen molar-refractivity contribution in [3.63, 3.8) is 0 Å². The molecule has 3 heteroatoms. The van der Waals surface area contributed by atoms with Crippen molar-refractivity contribution in [1.82, 2.24) is 9.55 Å². The van der Waals surface area contributed by atoms with E-state index < -0.39 is 0 Å². The van der Waals surface area contributed by atoms with Gasteiger partial charge in [-0.2, -0.15) is 0 Å². The molecule has 1 aromatic carbocycles. The standard InChI is InChI=1S/C14H19N3/c1-10-4-5-13(8-11(2)15)9-14(10)17-7-6-16-12(17)3/h4-7,9,11H,8,15H2,1-3H3. The molecule has 1 aromatic heterocycles. The number of rotatable bonds is 3. The highest BCUT2D eigenvalue weighted by atomic mass is 15.1. The summed E-state index contributed by atoms with van der Waals surface area (Å²) in [7, 11) is 0. The number of benzene rings is 1. The van der Waals surface area contributed by atoms with Crippen LogP contribution < -0.4 is 5.73 Å². The Morgan fingerprint density at radius 3 is 2.71 bits per heavy atom. The van der Waals surface area contributed by atoms with E-state index in [4.69, 9.17) is 5.73 Å². The van der Waals surface area contributed by atoms with Gasteiger partial charge >= 0.3 is 0 Å². The SMILES string of the molecule is Cc1ccc(CC(C)N)cc1-n1ccnc1C. The number of nitrogens with zero attached hydrogens (tertiary/aromatic N) is 2. The highest BCUT2D eigenvalue weighted by Gasteiger charge is 2.06. The third-order valence-corrected chi connectivity index (χ3v) is 2.92. The van der Waals surface area contributed by atoms with Crippen LogP contribution in [0.5, 0.6) is 0 Å². The second-order valence-electron chi connectivity index (χ2n) is 4.65. The maximum atomic E-state index is 5.84. The van der Waals surface area contributed by atoms with Gasteiger partial charge < -0.3 is 10.3 Å². The summed E-state index contributed by atoms with van der Waals surface area (Å²) in [6, 6.07) is 6.68. The molecule has 0 fully saturated rings. The third kappa shape index (κ3) is 2.56.